The lowest BCUT2D eigenvalue weighted by molar-refractivity contribution is 0.645. The molecule has 0 bridgehead atoms. The number of hydrogen-bond acceptors (Lipinski definition) is 2. The van der Waals surface area contributed by atoms with E-state index in [9.17, 15) is 0 Å². The summed E-state index contributed by atoms with van der Waals surface area (Å²) in [5.41, 5.74) is 15.8. The molecule has 0 N–H and O–H groups in total. The van der Waals surface area contributed by atoms with E-state index in [-0.39, 0.29) is 5.41 Å². The van der Waals surface area contributed by atoms with Crippen LogP contribution in [0.25, 0.3) is 65.3 Å². The number of rotatable bonds is 7. The molecule has 0 atom stereocenters. The van der Waals surface area contributed by atoms with Gasteiger partial charge in [0.2, 0.25) is 0 Å². The van der Waals surface area contributed by atoms with E-state index in [1.54, 1.807) is 0 Å². The van der Waals surface area contributed by atoms with Crippen LogP contribution >= 0.6 is 0 Å². The zero-order valence-corrected chi connectivity index (χ0v) is 36.3. The second-order valence-corrected chi connectivity index (χ2v) is 17.8. The maximum Gasteiger partial charge on any atom is 0.0468 e. The first-order valence-corrected chi connectivity index (χ1v) is 22.3. The van der Waals surface area contributed by atoms with Crippen LogP contribution in [0.4, 0.5) is 34.1 Å². The molecule has 0 aromatic heterocycles. The summed E-state index contributed by atoms with van der Waals surface area (Å²) in [4.78, 5) is 4.75. The molecule has 1 aliphatic carbocycles. The van der Waals surface area contributed by atoms with Gasteiger partial charge in [0.25, 0.3) is 0 Å². The maximum absolute atomic E-state index is 2.46. The van der Waals surface area contributed by atoms with Crippen LogP contribution in [0.3, 0.4) is 0 Å². The molecular formula is C62H46N2. The molecule has 0 unspecified atom stereocenters. The van der Waals surface area contributed by atoms with E-state index in [1.807, 2.05) is 0 Å². The van der Waals surface area contributed by atoms with Gasteiger partial charge in [0.15, 0.2) is 0 Å². The quantitative estimate of drug-likeness (QED) is 0.148. The molecule has 1 aliphatic rings. The zero-order chi connectivity index (χ0) is 42.9. The Hall–Kier alpha value is -7.94. The van der Waals surface area contributed by atoms with Crippen molar-refractivity contribution in [2.75, 3.05) is 9.80 Å². The molecule has 0 saturated carbocycles. The van der Waals surface area contributed by atoms with Crippen molar-refractivity contribution >= 4 is 77.2 Å². The second-order valence-electron chi connectivity index (χ2n) is 17.8. The first-order valence-electron chi connectivity index (χ1n) is 22.3. The van der Waals surface area contributed by atoms with Gasteiger partial charge in [0.1, 0.15) is 0 Å². The van der Waals surface area contributed by atoms with Crippen molar-refractivity contribution in [3.05, 3.63) is 241 Å². The fourth-order valence-electron chi connectivity index (χ4n) is 10.5. The standard InChI is InChI=1S/C62H46N2/c1-41-54-36-34-53(64(49-21-8-5-9-22-49)52-33-28-43-16-11-13-18-46(43)38-52)40-57(54)55-23-14-24-58-61(55)60(41)56-35-29-47(39-59(56)62(58,2)3)44-25-30-50(31-26-44)63(48-19-6-4-7-20-48)51-32-27-42-15-10-12-17-45(42)37-51/h4-40H,1-3H3. The van der Waals surface area contributed by atoms with E-state index in [0.29, 0.717) is 0 Å². The predicted octanol–water partition coefficient (Wildman–Crippen LogP) is 17.5. The number of anilines is 6. The minimum atomic E-state index is -0.225. The molecule has 64 heavy (non-hydrogen) atoms. The van der Waals surface area contributed by atoms with Gasteiger partial charge >= 0.3 is 0 Å². The zero-order valence-electron chi connectivity index (χ0n) is 36.3. The summed E-state index contributed by atoms with van der Waals surface area (Å²) in [6.07, 6.45) is 0. The van der Waals surface area contributed by atoms with E-state index in [1.165, 1.54) is 82.0 Å². The average Bonchev–Trinajstić information content (AvgIpc) is 3.34. The van der Waals surface area contributed by atoms with Gasteiger partial charge in [0.05, 0.1) is 0 Å². The van der Waals surface area contributed by atoms with E-state index >= 15 is 0 Å². The normalized spacial score (nSPS) is 12.7. The summed E-state index contributed by atoms with van der Waals surface area (Å²) in [5.74, 6) is 0. The highest BCUT2D eigenvalue weighted by molar-refractivity contribution is 6.19. The van der Waals surface area contributed by atoms with Crippen molar-refractivity contribution < 1.29 is 0 Å². The van der Waals surface area contributed by atoms with Crippen LogP contribution in [0.15, 0.2) is 224 Å². The summed E-state index contributed by atoms with van der Waals surface area (Å²) < 4.78 is 0. The van der Waals surface area contributed by atoms with Crippen LogP contribution in [0.1, 0.15) is 30.5 Å². The molecular weight excluding hydrogens is 773 g/mol. The Morgan fingerprint density at radius 2 is 0.828 bits per heavy atom. The summed E-state index contributed by atoms with van der Waals surface area (Å²) in [5, 5.41) is 10.2. The summed E-state index contributed by atoms with van der Waals surface area (Å²) in [6.45, 7) is 7.14. The van der Waals surface area contributed by atoms with Gasteiger partial charge in [0, 0.05) is 39.5 Å². The maximum atomic E-state index is 2.46. The third kappa shape index (κ3) is 6.09. The molecule has 11 aromatic carbocycles. The molecule has 0 amide bonds. The highest BCUT2D eigenvalue weighted by atomic mass is 15.1. The van der Waals surface area contributed by atoms with Gasteiger partial charge in [-0.3, -0.25) is 0 Å². The molecule has 2 nitrogen and oxygen atoms in total. The van der Waals surface area contributed by atoms with Crippen molar-refractivity contribution in [2.24, 2.45) is 0 Å². The Kier molecular flexibility index (Phi) is 8.77. The minimum Gasteiger partial charge on any atom is -0.310 e. The van der Waals surface area contributed by atoms with Crippen molar-refractivity contribution in [3.63, 3.8) is 0 Å². The van der Waals surface area contributed by atoms with Gasteiger partial charge in [-0.25, -0.2) is 0 Å². The molecule has 0 aliphatic heterocycles. The Bertz CT molecular complexity index is 3590. The Balaban J connectivity index is 0.960. The lowest BCUT2D eigenvalue weighted by Gasteiger charge is -2.37. The topological polar surface area (TPSA) is 6.48 Å². The van der Waals surface area contributed by atoms with E-state index in [0.717, 1.165) is 34.1 Å². The molecule has 0 saturated heterocycles. The monoisotopic (exact) mass is 818 g/mol. The molecule has 2 heteroatoms. The van der Waals surface area contributed by atoms with Gasteiger partial charge in [-0.1, -0.05) is 159 Å². The van der Waals surface area contributed by atoms with Crippen molar-refractivity contribution in [2.45, 2.75) is 26.2 Å². The lowest BCUT2D eigenvalue weighted by Crippen LogP contribution is -2.24. The SMILES string of the molecule is Cc1c2c3c(cccc3c3cc(N(c4ccccc4)c4ccc5ccccc5c4)ccc13)C(C)(C)c1cc(-c3ccc(N(c4ccccc4)c4ccc5ccccc5c4)cc3)ccc1-2. The predicted molar refractivity (Wildman–Crippen MR) is 274 cm³/mol. The van der Waals surface area contributed by atoms with Gasteiger partial charge < -0.3 is 9.80 Å². The number of fused-ring (bicyclic) bond motifs is 6. The van der Waals surface area contributed by atoms with Gasteiger partial charge in [-0.05, 0) is 168 Å². The number of para-hydroxylation sites is 2. The fraction of sp³-hybridized carbons (Fsp3) is 0.0645. The van der Waals surface area contributed by atoms with Crippen LogP contribution in [-0.2, 0) is 5.41 Å². The lowest BCUT2D eigenvalue weighted by atomic mass is 9.66. The third-order valence-electron chi connectivity index (χ3n) is 13.8. The van der Waals surface area contributed by atoms with Gasteiger partial charge in [-0.2, -0.15) is 0 Å². The van der Waals surface area contributed by atoms with E-state index in [4.69, 9.17) is 0 Å². The molecule has 0 heterocycles. The van der Waals surface area contributed by atoms with E-state index < -0.39 is 0 Å². The summed E-state index contributed by atoms with van der Waals surface area (Å²) in [7, 11) is 0. The van der Waals surface area contributed by atoms with Crippen LogP contribution in [0.2, 0.25) is 0 Å². The van der Waals surface area contributed by atoms with Crippen LogP contribution < -0.4 is 9.80 Å². The highest BCUT2D eigenvalue weighted by Gasteiger charge is 2.35. The number of benzene rings is 11. The molecule has 12 rings (SSSR count). The third-order valence-corrected chi connectivity index (χ3v) is 13.8. The summed E-state index contributed by atoms with van der Waals surface area (Å²) in [6, 6.07) is 82.4. The Morgan fingerprint density at radius 3 is 1.45 bits per heavy atom. The molecule has 11 aromatic rings. The number of aryl methyl sites for hydroxylation is 1. The largest absolute Gasteiger partial charge is 0.310 e. The highest BCUT2D eigenvalue weighted by Crippen LogP contribution is 2.53. The Labute approximate surface area is 374 Å². The fourth-order valence-corrected chi connectivity index (χ4v) is 10.5. The number of nitrogens with zero attached hydrogens (tertiary/aromatic N) is 2. The van der Waals surface area contributed by atoms with Crippen molar-refractivity contribution in [3.8, 4) is 22.3 Å². The van der Waals surface area contributed by atoms with E-state index in [2.05, 4.69) is 255 Å². The second kappa shape index (κ2) is 14.9. The van der Waals surface area contributed by atoms with Crippen LogP contribution in [-0.4, -0.2) is 0 Å². The van der Waals surface area contributed by atoms with Crippen molar-refractivity contribution in [1.82, 2.24) is 0 Å². The van der Waals surface area contributed by atoms with Crippen LogP contribution in [0, 0.1) is 6.92 Å². The molecule has 304 valence electrons. The Morgan fingerprint density at radius 1 is 0.328 bits per heavy atom. The minimum absolute atomic E-state index is 0.225. The van der Waals surface area contributed by atoms with Gasteiger partial charge in [-0.15, -0.1) is 0 Å². The smallest absolute Gasteiger partial charge is 0.0468 e. The number of hydrogen-bond donors (Lipinski definition) is 0. The molecule has 0 spiro atoms. The summed E-state index contributed by atoms with van der Waals surface area (Å²) >= 11 is 0. The first-order chi connectivity index (χ1) is 31.4. The molecule has 0 radical (unpaired) electrons. The van der Waals surface area contributed by atoms with Crippen LogP contribution in [0.5, 0.6) is 0 Å². The average molecular weight is 819 g/mol. The first kappa shape index (κ1) is 37.8. The molecule has 0 fully saturated rings. The van der Waals surface area contributed by atoms with Crippen molar-refractivity contribution in [1.29, 1.82) is 0 Å².